The lowest BCUT2D eigenvalue weighted by Gasteiger charge is -2.61. The van der Waals surface area contributed by atoms with Crippen LogP contribution in [0.4, 0.5) is 0 Å². The summed E-state index contributed by atoms with van der Waals surface area (Å²) in [5.74, 6) is 1.03. The summed E-state index contributed by atoms with van der Waals surface area (Å²) in [5, 5.41) is 0. The van der Waals surface area contributed by atoms with Gasteiger partial charge in [0.2, 0.25) is 11.6 Å². The summed E-state index contributed by atoms with van der Waals surface area (Å²) in [6, 6.07) is 0. The maximum Gasteiger partial charge on any atom is 0.327 e. The molecule has 292 valence electrons. The molecule has 2 spiro atoms. The van der Waals surface area contributed by atoms with E-state index in [4.69, 9.17) is 63.9 Å². The first-order chi connectivity index (χ1) is 24.3. The largest absolute Gasteiger partial charge is 0.346 e. The lowest BCUT2D eigenvalue weighted by Crippen LogP contribution is -2.70. The highest BCUT2D eigenvalue weighted by atomic mass is 32.5. The van der Waals surface area contributed by atoms with Crippen molar-refractivity contribution in [1.82, 2.24) is 0 Å². The van der Waals surface area contributed by atoms with Gasteiger partial charge >= 0.3 is 6.72 Å². The van der Waals surface area contributed by atoms with Gasteiger partial charge in [0, 0.05) is 24.7 Å². The predicted octanol–water partition coefficient (Wildman–Crippen LogP) is 8.20. The number of rotatable bonds is 11. The Morgan fingerprint density at radius 2 is 1.08 bits per heavy atom. The molecule has 8 saturated heterocycles. The van der Waals surface area contributed by atoms with Crippen molar-refractivity contribution in [2.24, 2.45) is 53.3 Å². The van der Waals surface area contributed by atoms with Crippen molar-refractivity contribution in [3.8, 4) is 0 Å². The average Bonchev–Trinajstić information content (AvgIpc) is 3.46. The summed E-state index contributed by atoms with van der Waals surface area (Å²) < 4.78 is 46.1. The van der Waals surface area contributed by atoms with Crippen molar-refractivity contribution >= 4 is 18.5 Å². The van der Waals surface area contributed by atoms with Crippen LogP contribution in [0, 0.1) is 53.3 Å². The molecule has 0 aromatic rings. The van der Waals surface area contributed by atoms with Crippen molar-refractivity contribution in [1.29, 1.82) is 0 Å². The van der Waals surface area contributed by atoms with Gasteiger partial charge in [-0.15, -0.1) is 0 Å². The normalized spacial score (nSPS) is 51.9. The third-order valence-corrected chi connectivity index (χ3v) is 17.3. The van der Waals surface area contributed by atoms with E-state index >= 15 is 0 Å². The third-order valence-electron chi connectivity index (χ3n) is 14.8. The van der Waals surface area contributed by atoms with Crippen LogP contribution in [0.1, 0.15) is 120 Å². The van der Waals surface area contributed by atoms with E-state index < -0.39 is 42.1 Å². The molecule has 13 heteroatoms. The van der Waals surface area contributed by atoms with Crippen LogP contribution >= 0.6 is 6.72 Å². The van der Waals surface area contributed by atoms with Crippen LogP contribution in [0.25, 0.3) is 0 Å². The van der Waals surface area contributed by atoms with E-state index in [-0.39, 0.29) is 41.8 Å². The fourth-order valence-electron chi connectivity index (χ4n) is 12.0. The Labute approximate surface area is 310 Å². The van der Waals surface area contributed by atoms with Crippen molar-refractivity contribution in [2.75, 3.05) is 19.8 Å². The molecule has 51 heavy (non-hydrogen) atoms. The number of ether oxygens (including phenoxy) is 4. The monoisotopic (exact) mass is 758 g/mol. The van der Waals surface area contributed by atoms with Gasteiger partial charge in [-0.1, -0.05) is 27.7 Å². The zero-order chi connectivity index (χ0) is 36.0. The van der Waals surface area contributed by atoms with Gasteiger partial charge in [0.25, 0.3) is 0 Å². The zero-order valence-electron chi connectivity index (χ0n) is 32.0. The summed E-state index contributed by atoms with van der Waals surface area (Å²) in [4.78, 5) is 25.1. The number of fused-ring (bicyclic) bond motifs is 4. The summed E-state index contributed by atoms with van der Waals surface area (Å²) >= 11 is 5.87. The van der Waals surface area contributed by atoms with Crippen molar-refractivity contribution < 1.29 is 52.1 Å². The number of hydrogen-bond acceptors (Lipinski definition) is 12. The molecule has 10 aliphatic rings. The topological polar surface area (TPSA) is 102 Å². The SMILES string of the molecule is CCOP(=S)(OCC)OCC(C[C@H]1O[C@@H]2O[C@@]3(C)CC[C@H]4[C@H](C)CC[C@@H]([C@H]1C)[C@@]24OO3)C[C@H]1O[C@@H]2O[C@@]3(C)CC[C@H]4[C@H](C)CC[C@@H]([C@H]1C)[C@@]24OO3. The highest BCUT2D eigenvalue weighted by molar-refractivity contribution is 8.07. The first-order valence-corrected chi connectivity index (χ1v) is 22.8. The summed E-state index contributed by atoms with van der Waals surface area (Å²) in [6.07, 6.45) is 8.42. The summed E-state index contributed by atoms with van der Waals surface area (Å²) in [5.41, 5.74) is -1.20. The lowest BCUT2D eigenvalue weighted by molar-refractivity contribution is -0.571. The maximum absolute atomic E-state index is 7.10. The zero-order valence-corrected chi connectivity index (χ0v) is 33.8. The lowest BCUT2D eigenvalue weighted by atomic mass is 9.56. The van der Waals surface area contributed by atoms with Crippen LogP contribution in [0.5, 0.6) is 0 Å². The molecule has 10 rings (SSSR count). The van der Waals surface area contributed by atoms with Crippen LogP contribution in [0.15, 0.2) is 0 Å². The molecule has 8 heterocycles. The van der Waals surface area contributed by atoms with Gasteiger partial charge in [-0.3, -0.25) is 0 Å². The highest BCUT2D eigenvalue weighted by Crippen LogP contribution is 2.63. The molecule has 0 aromatic carbocycles. The Balaban J connectivity index is 1.07. The Bertz CT molecular complexity index is 1240. The molecule has 8 aliphatic heterocycles. The molecule has 0 radical (unpaired) electrons. The van der Waals surface area contributed by atoms with Gasteiger partial charge in [-0.2, -0.15) is 0 Å². The molecule has 0 unspecified atom stereocenters. The first kappa shape index (κ1) is 38.1. The summed E-state index contributed by atoms with van der Waals surface area (Å²) in [7, 11) is 0. The molecule has 4 bridgehead atoms. The minimum atomic E-state index is -2.93. The average molecular weight is 759 g/mol. The predicted molar refractivity (Wildman–Crippen MR) is 190 cm³/mol. The molecule has 0 N–H and O–H groups in total. The van der Waals surface area contributed by atoms with Crippen molar-refractivity contribution in [2.45, 2.75) is 167 Å². The second-order valence-electron chi connectivity index (χ2n) is 17.8. The van der Waals surface area contributed by atoms with Crippen LogP contribution < -0.4 is 0 Å². The van der Waals surface area contributed by atoms with E-state index in [9.17, 15) is 0 Å². The molecule has 2 aliphatic carbocycles. The molecule has 11 nitrogen and oxygen atoms in total. The van der Waals surface area contributed by atoms with E-state index in [2.05, 4.69) is 27.7 Å². The standard InChI is InChI=1S/C38H63O11PS/c1-9-39-50(51,40-10-2)41-21-26(19-31-24(5)29-13-11-22(3)27-15-17-35(7)44-33(42-31)37(27,29)48-46-35)20-32-25(6)30-14-12-23(4)28-16-18-36(8)45-34(43-32)38(28,30)49-47-36/h22-34H,9-21H2,1-8H3/t22-,23-,24-,25-,27+,28+,29+,30+,31-,32-,33-,34-,35-,36-,37-,38-/m1/s1. The minimum Gasteiger partial charge on any atom is -0.346 e. The molecule has 0 aromatic heterocycles. The Kier molecular flexibility index (Phi) is 10.5. The van der Waals surface area contributed by atoms with E-state index in [1.165, 1.54) is 12.8 Å². The smallest absolute Gasteiger partial charge is 0.327 e. The third kappa shape index (κ3) is 6.29. The maximum atomic E-state index is 7.10. The number of hydrogen-bond donors (Lipinski definition) is 0. The van der Waals surface area contributed by atoms with E-state index in [1.807, 2.05) is 27.7 Å². The van der Waals surface area contributed by atoms with E-state index in [0.29, 0.717) is 43.5 Å². The Hall–Kier alpha value is 0.210. The van der Waals surface area contributed by atoms with Crippen molar-refractivity contribution in [3.05, 3.63) is 0 Å². The minimum absolute atomic E-state index is 0.0410. The molecule has 10 fully saturated rings. The van der Waals surface area contributed by atoms with Gasteiger partial charge in [0.1, 0.15) is 0 Å². The van der Waals surface area contributed by atoms with Crippen LogP contribution in [0.2, 0.25) is 0 Å². The second-order valence-corrected chi connectivity index (χ2v) is 20.8. The van der Waals surface area contributed by atoms with Gasteiger partial charge in [-0.05, 0) is 132 Å². The molecular weight excluding hydrogens is 695 g/mol. The molecular formula is C38H63O11PS. The molecule has 16 atom stereocenters. The van der Waals surface area contributed by atoms with Gasteiger partial charge in [-0.25, -0.2) is 19.6 Å². The van der Waals surface area contributed by atoms with Gasteiger partial charge in [0.05, 0.1) is 32.0 Å². The van der Waals surface area contributed by atoms with Gasteiger partial charge in [0.15, 0.2) is 23.8 Å². The van der Waals surface area contributed by atoms with Crippen LogP contribution in [0.3, 0.4) is 0 Å². The van der Waals surface area contributed by atoms with Crippen molar-refractivity contribution in [3.63, 3.8) is 0 Å². The van der Waals surface area contributed by atoms with E-state index in [1.54, 1.807) is 0 Å². The fourth-order valence-corrected chi connectivity index (χ4v) is 14.1. The molecule has 2 saturated carbocycles. The fraction of sp³-hybridized carbons (Fsp3) is 1.00. The Morgan fingerprint density at radius 3 is 1.51 bits per heavy atom. The van der Waals surface area contributed by atoms with Gasteiger partial charge < -0.3 is 32.5 Å². The van der Waals surface area contributed by atoms with Crippen LogP contribution in [-0.2, 0) is 63.9 Å². The van der Waals surface area contributed by atoms with Crippen LogP contribution in [-0.4, -0.2) is 67.4 Å². The van der Waals surface area contributed by atoms with E-state index in [0.717, 1.165) is 51.4 Å². The highest BCUT2D eigenvalue weighted by Gasteiger charge is 2.71. The summed E-state index contributed by atoms with van der Waals surface area (Å²) in [6.45, 7) is 15.5. The quantitative estimate of drug-likeness (QED) is 0.150. The Morgan fingerprint density at radius 1 is 0.627 bits per heavy atom. The molecule has 0 amide bonds. The first-order valence-electron chi connectivity index (χ1n) is 20.2. The second kappa shape index (κ2) is 14.0.